The molecule has 0 aromatic rings. The minimum atomic E-state index is 0.841. The van der Waals surface area contributed by atoms with Crippen molar-refractivity contribution in [2.45, 2.75) is 89.6 Å². The summed E-state index contributed by atoms with van der Waals surface area (Å²) in [5.41, 5.74) is 0. The summed E-state index contributed by atoms with van der Waals surface area (Å²) in [6.45, 7) is 2.42. The van der Waals surface area contributed by atoms with Crippen LogP contribution in [-0.2, 0) is 0 Å². The lowest BCUT2D eigenvalue weighted by Gasteiger charge is -2.32. The standard InChI is InChI=1S/C15H29N/c1-13-8-7-11-15(12-13)16-14-9-5-3-2-4-6-10-14/h13-16H,2-12H2,1H3. The minimum Gasteiger partial charge on any atom is -0.311 e. The van der Waals surface area contributed by atoms with Gasteiger partial charge in [-0.25, -0.2) is 0 Å². The Bertz CT molecular complexity index is 182. The van der Waals surface area contributed by atoms with E-state index in [0.717, 1.165) is 18.0 Å². The molecule has 0 aliphatic heterocycles. The van der Waals surface area contributed by atoms with Crippen molar-refractivity contribution in [1.82, 2.24) is 5.32 Å². The van der Waals surface area contributed by atoms with Crippen LogP contribution < -0.4 is 5.32 Å². The van der Waals surface area contributed by atoms with Crippen LogP contribution in [0.1, 0.15) is 77.6 Å². The molecular formula is C15H29N. The minimum absolute atomic E-state index is 0.841. The van der Waals surface area contributed by atoms with E-state index in [1.807, 2.05) is 0 Å². The second-order valence-electron chi connectivity index (χ2n) is 6.18. The van der Waals surface area contributed by atoms with Crippen LogP contribution in [0.2, 0.25) is 0 Å². The van der Waals surface area contributed by atoms with Gasteiger partial charge in [0.25, 0.3) is 0 Å². The summed E-state index contributed by atoms with van der Waals surface area (Å²) in [5, 5.41) is 3.96. The maximum atomic E-state index is 3.96. The van der Waals surface area contributed by atoms with Crippen LogP contribution >= 0.6 is 0 Å². The van der Waals surface area contributed by atoms with E-state index in [9.17, 15) is 0 Å². The monoisotopic (exact) mass is 223 g/mol. The van der Waals surface area contributed by atoms with Gasteiger partial charge in [0.15, 0.2) is 0 Å². The highest BCUT2D eigenvalue weighted by molar-refractivity contribution is 4.80. The Labute approximate surface area is 101 Å². The summed E-state index contributed by atoms with van der Waals surface area (Å²) in [4.78, 5) is 0. The molecule has 0 aromatic heterocycles. The molecule has 1 heteroatoms. The smallest absolute Gasteiger partial charge is 0.00721 e. The van der Waals surface area contributed by atoms with Crippen molar-refractivity contribution in [3.05, 3.63) is 0 Å². The van der Waals surface area contributed by atoms with Crippen LogP contribution in [0.25, 0.3) is 0 Å². The van der Waals surface area contributed by atoms with E-state index in [-0.39, 0.29) is 0 Å². The summed E-state index contributed by atoms with van der Waals surface area (Å²) in [6, 6.07) is 1.68. The predicted molar refractivity (Wildman–Crippen MR) is 70.7 cm³/mol. The van der Waals surface area contributed by atoms with Crippen LogP contribution in [0.5, 0.6) is 0 Å². The third-order valence-corrected chi connectivity index (χ3v) is 4.51. The second-order valence-corrected chi connectivity index (χ2v) is 6.18. The van der Waals surface area contributed by atoms with Gasteiger partial charge in [0.1, 0.15) is 0 Å². The Morgan fingerprint density at radius 2 is 1.31 bits per heavy atom. The molecule has 2 fully saturated rings. The fourth-order valence-corrected chi connectivity index (χ4v) is 3.54. The normalized spacial score (nSPS) is 34.3. The van der Waals surface area contributed by atoms with Gasteiger partial charge in [0.2, 0.25) is 0 Å². The Morgan fingerprint density at radius 1 is 0.688 bits per heavy atom. The highest BCUT2D eigenvalue weighted by Crippen LogP contribution is 2.25. The van der Waals surface area contributed by atoms with Gasteiger partial charge in [-0.15, -0.1) is 0 Å². The molecule has 2 aliphatic carbocycles. The number of nitrogens with one attached hydrogen (secondary N) is 1. The average molecular weight is 223 g/mol. The quantitative estimate of drug-likeness (QED) is 0.737. The molecule has 1 nitrogen and oxygen atoms in total. The van der Waals surface area contributed by atoms with Gasteiger partial charge < -0.3 is 5.32 Å². The van der Waals surface area contributed by atoms with Crippen molar-refractivity contribution < 1.29 is 0 Å². The average Bonchev–Trinajstić information content (AvgIpc) is 2.22. The molecule has 2 saturated carbocycles. The molecule has 0 bridgehead atoms. The summed E-state index contributed by atoms with van der Waals surface area (Å²) in [7, 11) is 0. The lowest BCUT2D eigenvalue weighted by Crippen LogP contribution is -2.41. The van der Waals surface area contributed by atoms with E-state index in [1.165, 1.54) is 70.6 Å². The first-order valence-corrected chi connectivity index (χ1v) is 7.60. The third kappa shape index (κ3) is 4.08. The number of rotatable bonds is 2. The highest BCUT2D eigenvalue weighted by atomic mass is 14.9. The highest BCUT2D eigenvalue weighted by Gasteiger charge is 2.21. The van der Waals surface area contributed by atoms with Gasteiger partial charge in [0, 0.05) is 12.1 Å². The zero-order chi connectivity index (χ0) is 11.2. The van der Waals surface area contributed by atoms with E-state index < -0.39 is 0 Å². The summed E-state index contributed by atoms with van der Waals surface area (Å²) >= 11 is 0. The van der Waals surface area contributed by atoms with Crippen molar-refractivity contribution in [2.24, 2.45) is 5.92 Å². The van der Waals surface area contributed by atoms with Crippen LogP contribution in [0.15, 0.2) is 0 Å². The van der Waals surface area contributed by atoms with Gasteiger partial charge in [0.05, 0.1) is 0 Å². The SMILES string of the molecule is CC1CCCC(NC2CCCCCCC2)C1. The van der Waals surface area contributed by atoms with E-state index in [4.69, 9.17) is 0 Å². The summed E-state index contributed by atoms with van der Waals surface area (Å²) in [6.07, 6.45) is 16.0. The Balaban J connectivity index is 1.73. The molecule has 0 aromatic carbocycles. The maximum Gasteiger partial charge on any atom is 0.00721 e. The first-order valence-electron chi connectivity index (χ1n) is 7.60. The van der Waals surface area contributed by atoms with E-state index >= 15 is 0 Å². The van der Waals surface area contributed by atoms with Gasteiger partial charge >= 0.3 is 0 Å². The summed E-state index contributed by atoms with van der Waals surface area (Å²) < 4.78 is 0. The van der Waals surface area contributed by atoms with Gasteiger partial charge in [-0.1, -0.05) is 51.9 Å². The lowest BCUT2D eigenvalue weighted by atomic mass is 9.86. The van der Waals surface area contributed by atoms with Crippen molar-refractivity contribution in [2.75, 3.05) is 0 Å². The van der Waals surface area contributed by atoms with E-state index in [0.29, 0.717) is 0 Å². The van der Waals surface area contributed by atoms with Crippen molar-refractivity contribution in [1.29, 1.82) is 0 Å². The first-order chi connectivity index (χ1) is 7.84. The molecule has 2 unspecified atom stereocenters. The predicted octanol–water partition coefficient (Wildman–Crippen LogP) is 4.27. The fraction of sp³-hybridized carbons (Fsp3) is 1.00. The van der Waals surface area contributed by atoms with Gasteiger partial charge in [-0.05, 0) is 31.6 Å². The van der Waals surface area contributed by atoms with Crippen LogP contribution in [0.4, 0.5) is 0 Å². The molecule has 94 valence electrons. The first kappa shape index (κ1) is 12.4. The third-order valence-electron chi connectivity index (χ3n) is 4.51. The molecule has 2 atom stereocenters. The Hall–Kier alpha value is -0.0400. The van der Waals surface area contributed by atoms with Crippen molar-refractivity contribution in [3.63, 3.8) is 0 Å². The molecule has 0 radical (unpaired) electrons. The van der Waals surface area contributed by atoms with E-state index in [2.05, 4.69) is 12.2 Å². The second kappa shape index (κ2) is 6.64. The maximum absolute atomic E-state index is 3.96. The Morgan fingerprint density at radius 3 is 2.00 bits per heavy atom. The molecule has 0 heterocycles. The summed E-state index contributed by atoms with van der Waals surface area (Å²) in [5.74, 6) is 0.958. The zero-order valence-corrected chi connectivity index (χ0v) is 11.0. The lowest BCUT2D eigenvalue weighted by molar-refractivity contribution is 0.261. The number of hydrogen-bond donors (Lipinski definition) is 1. The molecule has 2 aliphatic rings. The van der Waals surface area contributed by atoms with Crippen LogP contribution in [0.3, 0.4) is 0 Å². The largest absolute Gasteiger partial charge is 0.311 e. The van der Waals surface area contributed by atoms with E-state index in [1.54, 1.807) is 0 Å². The molecular weight excluding hydrogens is 194 g/mol. The molecule has 16 heavy (non-hydrogen) atoms. The zero-order valence-electron chi connectivity index (χ0n) is 11.0. The molecule has 1 N–H and O–H groups in total. The van der Waals surface area contributed by atoms with Crippen LogP contribution in [-0.4, -0.2) is 12.1 Å². The number of hydrogen-bond acceptors (Lipinski definition) is 1. The molecule has 0 saturated heterocycles. The van der Waals surface area contributed by atoms with Gasteiger partial charge in [-0.2, -0.15) is 0 Å². The van der Waals surface area contributed by atoms with Crippen LogP contribution in [0, 0.1) is 5.92 Å². The molecule has 0 spiro atoms. The molecule has 0 amide bonds. The van der Waals surface area contributed by atoms with Crippen molar-refractivity contribution >= 4 is 0 Å². The van der Waals surface area contributed by atoms with Crippen molar-refractivity contribution in [3.8, 4) is 0 Å². The molecule has 2 rings (SSSR count). The topological polar surface area (TPSA) is 12.0 Å². The fourth-order valence-electron chi connectivity index (χ4n) is 3.54. The van der Waals surface area contributed by atoms with Gasteiger partial charge in [-0.3, -0.25) is 0 Å². The Kier molecular flexibility index (Phi) is 5.15.